The van der Waals surface area contributed by atoms with Gasteiger partial charge in [-0.2, -0.15) is 0 Å². The van der Waals surface area contributed by atoms with Gasteiger partial charge in [-0.25, -0.2) is 5.21 Å². The van der Waals surface area contributed by atoms with Crippen LogP contribution >= 0.6 is 0 Å². The van der Waals surface area contributed by atoms with Crippen molar-refractivity contribution in [3.05, 3.63) is 23.1 Å². The lowest BCUT2D eigenvalue weighted by Gasteiger charge is -2.06. The zero-order valence-electron chi connectivity index (χ0n) is 8.14. The second-order valence-electron chi connectivity index (χ2n) is 2.60. The van der Waals surface area contributed by atoms with Gasteiger partial charge in [0.15, 0.2) is 11.5 Å². The fraction of sp³-hybridized carbons (Fsp3) is 0.200. The topological polar surface area (TPSA) is 58.8 Å². The molecule has 1 aromatic carbocycles. The number of terminal acetylenes is 1. The summed E-state index contributed by atoms with van der Waals surface area (Å²) in [6.45, 7) is 0.0596. The molecule has 0 fully saturated rings. The van der Waals surface area contributed by atoms with Crippen LogP contribution in [0.1, 0.15) is 0 Å². The van der Waals surface area contributed by atoms with E-state index in [9.17, 15) is 4.91 Å². The highest BCUT2D eigenvalue weighted by Gasteiger charge is 2.15. The van der Waals surface area contributed by atoms with Crippen LogP contribution in [-0.2, 0) is 0 Å². The molecule has 1 N–H and O–H groups in total. The molecule has 78 valence electrons. The van der Waals surface area contributed by atoms with Crippen LogP contribution in [0.2, 0.25) is 0 Å². The third-order valence-corrected chi connectivity index (χ3v) is 1.68. The van der Waals surface area contributed by atoms with Gasteiger partial charge in [0, 0.05) is 6.07 Å². The molecule has 0 saturated carbocycles. The van der Waals surface area contributed by atoms with Gasteiger partial charge in [-0.15, -0.1) is 6.42 Å². The minimum absolute atomic E-state index is 0.0443. The monoisotopic (exact) mass is 208 g/mol. The molecule has 0 saturated heterocycles. The lowest BCUT2D eigenvalue weighted by atomic mass is 10.3. The van der Waals surface area contributed by atoms with Crippen molar-refractivity contribution in [1.29, 1.82) is 0 Å². The molecular formula is C10H10NO4+. The Kier molecular flexibility index (Phi) is 3.52. The fourth-order valence-electron chi connectivity index (χ4n) is 1.02. The van der Waals surface area contributed by atoms with E-state index in [0.29, 0.717) is 11.5 Å². The Labute approximate surface area is 86.8 Å². The lowest BCUT2D eigenvalue weighted by molar-refractivity contribution is -0.729. The highest BCUT2D eigenvalue weighted by atomic mass is 16.6. The van der Waals surface area contributed by atoms with E-state index in [4.69, 9.17) is 21.1 Å². The number of rotatable bonds is 4. The van der Waals surface area contributed by atoms with Gasteiger partial charge in [-0.3, -0.25) is 0 Å². The molecule has 0 atom stereocenters. The first-order valence-corrected chi connectivity index (χ1v) is 4.09. The van der Waals surface area contributed by atoms with Crippen LogP contribution in [0.3, 0.4) is 0 Å². The fourth-order valence-corrected chi connectivity index (χ4v) is 1.02. The van der Waals surface area contributed by atoms with Crippen LogP contribution in [-0.4, -0.2) is 23.8 Å². The molecule has 0 aliphatic rings. The van der Waals surface area contributed by atoms with Gasteiger partial charge in [0.1, 0.15) is 6.61 Å². The molecule has 0 bridgehead atoms. The average molecular weight is 208 g/mol. The minimum atomic E-state index is -0.262. The van der Waals surface area contributed by atoms with E-state index in [2.05, 4.69) is 5.92 Å². The zero-order chi connectivity index (χ0) is 11.3. The third-order valence-electron chi connectivity index (χ3n) is 1.68. The molecule has 0 aromatic heterocycles. The van der Waals surface area contributed by atoms with Gasteiger partial charge >= 0.3 is 5.69 Å². The average Bonchev–Trinajstić information content (AvgIpc) is 2.25. The first-order valence-electron chi connectivity index (χ1n) is 4.09. The summed E-state index contributed by atoms with van der Waals surface area (Å²) in [5.41, 5.74) is 0.0443. The van der Waals surface area contributed by atoms with Crippen LogP contribution in [0.5, 0.6) is 11.5 Å². The van der Waals surface area contributed by atoms with Gasteiger partial charge in [-0.05, 0) is 6.07 Å². The van der Waals surface area contributed by atoms with Gasteiger partial charge < -0.3 is 9.47 Å². The molecule has 0 spiro atoms. The maximum absolute atomic E-state index is 10.6. The van der Waals surface area contributed by atoms with Crippen molar-refractivity contribution < 1.29 is 19.6 Å². The number of nitrogens with zero attached hydrogens (tertiary/aromatic N) is 1. The van der Waals surface area contributed by atoms with Crippen LogP contribution in [0, 0.1) is 17.3 Å². The first-order chi connectivity index (χ1) is 7.19. The molecule has 5 heteroatoms. The second kappa shape index (κ2) is 4.86. The van der Waals surface area contributed by atoms with Gasteiger partial charge in [0.25, 0.3) is 4.92 Å². The van der Waals surface area contributed by atoms with Crippen LogP contribution in [0.4, 0.5) is 5.69 Å². The first kappa shape index (κ1) is 10.9. The number of hydrogen-bond acceptors (Lipinski definition) is 3. The Hall–Kier alpha value is -2.22. The van der Waals surface area contributed by atoms with Crippen LogP contribution < -0.4 is 9.47 Å². The van der Waals surface area contributed by atoms with E-state index in [1.165, 1.54) is 25.3 Å². The quantitative estimate of drug-likeness (QED) is 0.601. The molecule has 0 heterocycles. The molecule has 5 nitrogen and oxygen atoms in total. The smallest absolute Gasteiger partial charge is 0.320 e. The highest BCUT2D eigenvalue weighted by Crippen LogP contribution is 2.30. The van der Waals surface area contributed by atoms with E-state index in [-0.39, 0.29) is 17.2 Å². The van der Waals surface area contributed by atoms with E-state index >= 15 is 0 Å². The molecule has 1 aromatic rings. The van der Waals surface area contributed by atoms with E-state index < -0.39 is 0 Å². The Bertz CT molecular complexity index is 408. The molecule has 0 aliphatic carbocycles. The van der Waals surface area contributed by atoms with E-state index in [1.54, 1.807) is 0 Å². The predicted octanol–water partition coefficient (Wildman–Crippen LogP) is 1.51. The van der Waals surface area contributed by atoms with Crippen LogP contribution in [0.25, 0.3) is 0 Å². The summed E-state index contributed by atoms with van der Waals surface area (Å²) in [5, 5.41) is 8.68. The van der Waals surface area contributed by atoms with Crippen molar-refractivity contribution in [1.82, 2.24) is 0 Å². The van der Waals surface area contributed by atoms with Crippen molar-refractivity contribution in [2.75, 3.05) is 13.7 Å². The van der Waals surface area contributed by atoms with Crippen molar-refractivity contribution in [2.24, 2.45) is 0 Å². The third kappa shape index (κ3) is 2.61. The largest absolute Gasteiger partial charge is 0.493 e. The zero-order valence-corrected chi connectivity index (χ0v) is 8.14. The molecule has 0 radical (unpaired) electrons. The van der Waals surface area contributed by atoms with Crippen molar-refractivity contribution in [3.63, 3.8) is 0 Å². The number of benzene rings is 1. The summed E-state index contributed by atoms with van der Waals surface area (Å²) < 4.78 is 10.1. The normalized spacial score (nSPS) is 9.07. The molecule has 0 unspecified atom stereocenters. The van der Waals surface area contributed by atoms with Gasteiger partial charge in [0.2, 0.25) is 0 Å². The summed E-state index contributed by atoms with van der Waals surface area (Å²) in [6, 6.07) is 4.24. The highest BCUT2D eigenvalue weighted by molar-refractivity contribution is 5.48. The van der Waals surface area contributed by atoms with Crippen molar-refractivity contribution in [3.8, 4) is 23.8 Å². The summed E-state index contributed by atoms with van der Waals surface area (Å²) >= 11 is 0. The SMILES string of the molecule is C#CCOc1cc([N+](=O)O)ccc1OC. The molecular weight excluding hydrogens is 198 g/mol. The molecule has 0 aliphatic heterocycles. The summed E-state index contributed by atoms with van der Waals surface area (Å²) in [6.07, 6.45) is 5.03. The van der Waals surface area contributed by atoms with Crippen molar-refractivity contribution in [2.45, 2.75) is 0 Å². The predicted molar refractivity (Wildman–Crippen MR) is 52.4 cm³/mol. The Morgan fingerprint density at radius 2 is 2.27 bits per heavy atom. The van der Waals surface area contributed by atoms with E-state index in [0.717, 1.165) is 0 Å². The van der Waals surface area contributed by atoms with Crippen molar-refractivity contribution >= 4 is 5.69 Å². The maximum atomic E-state index is 10.6. The van der Waals surface area contributed by atoms with Gasteiger partial charge in [0.05, 0.1) is 18.1 Å². The summed E-state index contributed by atoms with van der Waals surface area (Å²) in [4.78, 5) is 10.3. The lowest BCUT2D eigenvalue weighted by Crippen LogP contribution is -1.98. The standard InChI is InChI=1S/C10H10NO4/c1-3-6-15-10-7-8(11(12)13)4-5-9(10)14-2/h1,4-5,7H,6H2,2H3,(H,12,13)/q+1. The number of methoxy groups -OCH3 is 1. The summed E-state index contributed by atoms with van der Waals surface area (Å²) in [5.74, 6) is 3.03. The molecule has 15 heavy (non-hydrogen) atoms. The Balaban J connectivity index is 3.03. The summed E-state index contributed by atoms with van der Waals surface area (Å²) in [7, 11) is 1.46. The Morgan fingerprint density at radius 3 is 2.80 bits per heavy atom. The minimum Gasteiger partial charge on any atom is -0.493 e. The number of ether oxygens (including phenoxy) is 2. The second-order valence-corrected chi connectivity index (χ2v) is 2.60. The molecule has 1 rings (SSSR count). The maximum Gasteiger partial charge on any atom is 0.320 e. The molecule has 0 amide bonds. The van der Waals surface area contributed by atoms with Crippen LogP contribution in [0.15, 0.2) is 18.2 Å². The number of hydrogen-bond donors (Lipinski definition) is 1. The van der Waals surface area contributed by atoms with E-state index in [1.807, 2.05) is 0 Å². The Morgan fingerprint density at radius 1 is 1.53 bits per heavy atom. The van der Waals surface area contributed by atoms with Gasteiger partial charge in [-0.1, -0.05) is 5.92 Å².